The lowest BCUT2D eigenvalue weighted by Gasteiger charge is -2.54. The van der Waals surface area contributed by atoms with Crippen LogP contribution >= 0.6 is 22.7 Å². The van der Waals surface area contributed by atoms with Gasteiger partial charge in [-0.25, -0.2) is 0 Å². The normalized spacial score (nSPS) is 27.3. The van der Waals surface area contributed by atoms with Gasteiger partial charge in [0, 0.05) is 32.4 Å². The summed E-state index contributed by atoms with van der Waals surface area (Å²) in [6, 6.07) is 13.2. The number of aryl methyl sites for hydroxylation is 2. The van der Waals surface area contributed by atoms with Crippen LogP contribution in [0.3, 0.4) is 0 Å². The largest absolute Gasteiger partial charge is 0.324 e. The molecule has 2 saturated heterocycles. The van der Waals surface area contributed by atoms with Crippen molar-refractivity contribution in [3.8, 4) is 6.07 Å². The van der Waals surface area contributed by atoms with Crippen molar-refractivity contribution in [2.24, 2.45) is 5.92 Å². The lowest BCUT2D eigenvalue weighted by atomic mass is 9.69. The van der Waals surface area contributed by atoms with E-state index in [-0.39, 0.29) is 0 Å². The van der Waals surface area contributed by atoms with Crippen molar-refractivity contribution < 1.29 is 4.48 Å². The lowest BCUT2D eigenvalue weighted by Crippen LogP contribution is -2.62. The molecule has 2 bridgehead atoms. The fourth-order valence-electron chi connectivity index (χ4n) is 5.60. The molecular weight excluding hydrogens is 368 g/mol. The summed E-state index contributed by atoms with van der Waals surface area (Å²) in [5.74, 6) is 0.649. The molecule has 144 valence electrons. The maximum Gasteiger partial charge on any atom is 0.126 e. The third-order valence-electron chi connectivity index (χ3n) is 7.28. The first-order valence-corrected chi connectivity index (χ1v) is 11.9. The molecule has 0 aromatic carbocycles. The topological polar surface area (TPSA) is 23.8 Å². The number of quaternary nitrogens is 1. The van der Waals surface area contributed by atoms with E-state index in [0.29, 0.717) is 5.92 Å². The van der Waals surface area contributed by atoms with Gasteiger partial charge in [0.15, 0.2) is 0 Å². The van der Waals surface area contributed by atoms with Crippen molar-refractivity contribution in [1.82, 2.24) is 0 Å². The summed E-state index contributed by atoms with van der Waals surface area (Å²) < 4.78 is 1.20. The van der Waals surface area contributed by atoms with E-state index in [9.17, 15) is 5.26 Å². The molecule has 0 radical (unpaired) electrons. The summed E-state index contributed by atoms with van der Waals surface area (Å²) in [6.07, 6.45) is 7.65. The molecule has 2 unspecified atom stereocenters. The van der Waals surface area contributed by atoms with Crippen LogP contribution in [0.4, 0.5) is 0 Å². The third-order valence-corrected chi connectivity index (χ3v) is 9.60. The van der Waals surface area contributed by atoms with Gasteiger partial charge in [0.2, 0.25) is 0 Å². The Labute approximate surface area is 172 Å². The lowest BCUT2D eigenvalue weighted by molar-refractivity contribution is -0.950. The molecule has 2 nitrogen and oxygen atoms in total. The van der Waals surface area contributed by atoms with E-state index in [1.807, 2.05) is 22.7 Å². The molecule has 4 rings (SSSR count). The average Bonchev–Trinajstić information content (AvgIpc) is 3.22. The van der Waals surface area contributed by atoms with Gasteiger partial charge in [-0.05, 0) is 69.7 Å². The fraction of sp³-hybridized carbons (Fsp3) is 0.609. The Morgan fingerprint density at radius 1 is 1.00 bits per heavy atom. The average molecular weight is 400 g/mol. The van der Waals surface area contributed by atoms with Crippen LogP contribution in [0.1, 0.15) is 58.0 Å². The zero-order valence-electron chi connectivity index (χ0n) is 17.0. The number of fused-ring (bicyclic) bond motifs is 2. The highest BCUT2D eigenvalue weighted by molar-refractivity contribution is 7.13. The Bertz CT molecular complexity index is 798. The maximum absolute atomic E-state index is 10.5. The standard InChI is InChI=1S/C23H31N2S2/c1-16-8-10-21(26-16)23(15-24,22-11-9-17(2)27-22)14-18-12-19-6-5-7-20(13-18)25(19,3)4/h8-11,18-20H,5-7,12-14H2,1-4H3/q+1. The Morgan fingerprint density at radius 3 is 1.93 bits per heavy atom. The number of nitrogens with zero attached hydrogens (tertiary/aromatic N) is 2. The molecule has 2 aliphatic rings. The first-order chi connectivity index (χ1) is 12.8. The van der Waals surface area contributed by atoms with E-state index in [2.05, 4.69) is 58.3 Å². The van der Waals surface area contributed by atoms with Crippen molar-refractivity contribution in [2.75, 3.05) is 14.1 Å². The minimum atomic E-state index is -0.467. The summed E-state index contributed by atoms with van der Waals surface area (Å²) in [5.41, 5.74) is -0.467. The summed E-state index contributed by atoms with van der Waals surface area (Å²) in [5, 5.41) is 10.5. The second-order valence-corrected chi connectivity index (χ2v) is 11.8. The van der Waals surface area contributed by atoms with E-state index >= 15 is 0 Å². The van der Waals surface area contributed by atoms with Crippen LogP contribution in [-0.4, -0.2) is 30.7 Å². The van der Waals surface area contributed by atoms with Gasteiger partial charge in [0.25, 0.3) is 0 Å². The molecule has 2 fully saturated rings. The second-order valence-electron chi connectivity index (χ2n) is 9.25. The van der Waals surface area contributed by atoms with E-state index < -0.39 is 5.41 Å². The van der Waals surface area contributed by atoms with Crippen molar-refractivity contribution in [3.05, 3.63) is 43.8 Å². The van der Waals surface area contributed by atoms with Gasteiger partial charge < -0.3 is 4.48 Å². The highest BCUT2D eigenvalue weighted by Gasteiger charge is 2.49. The van der Waals surface area contributed by atoms with Crippen molar-refractivity contribution in [3.63, 3.8) is 0 Å². The molecule has 0 N–H and O–H groups in total. The summed E-state index contributed by atoms with van der Waals surface area (Å²) in [4.78, 5) is 5.09. The van der Waals surface area contributed by atoms with Crippen LogP contribution in [0.25, 0.3) is 0 Å². The van der Waals surface area contributed by atoms with Gasteiger partial charge in [-0.2, -0.15) is 5.26 Å². The molecule has 0 amide bonds. The number of rotatable bonds is 4. The molecule has 2 aliphatic heterocycles. The van der Waals surface area contributed by atoms with Gasteiger partial charge in [0.1, 0.15) is 5.41 Å². The number of nitriles is 1. The van der Waals surface area contributed by atoms with Crippen LogP contribution in [0, 0.1) is 31.1 Å². The van der Waals surface area contributed by atoms with Gasteiger partial charge >= 0.3 is 0 Å². The number of thiophene rings is 2. The molecule has 4 heterocycles. The highest BCUT2D eigenvalue weighted by atomic mass is 32.1. The van der Waals surface area contributed by atoms with Crippen LogP contribution in [0.15, 0.2) is 24.3 Å². The van der Waals surface area contributed by atoms with Crippen LogP contribution in [-0.2, 0) is 5.41 Å². The monoisotopic (exact) mass is 399 g/mol. The molecule has 4 heteroatoms. The first-order valence-electron chi connectivity index (χ1n) is 10.2. The zero-order chi connectivity index (χ0) is 19.2. The predicted octanol–water partition coefficient (Wildman–Crippen LogP) is 6.03. The predicted molar refractivity (Wildman–Crippen MR) is 115 cm³/mol. The Balaban J connectivity index is 1.69. The van der Waals surface area contributed by atoms with Crippen molar-refractivity contribution in [1.29, 1.82) is 5.26 Å². The minimum Gasteiger partial charge on any atom is -0.324 e. The van der Waals surface area contributed by atoms with E-state index in [1.54, 1.807) is 0 Å². The zero-order valence-corrected chi connectivity index (χ0v) is 18.6. The first kappa shape index (κ1) is 19.2. The van der Waals surface area contributed by atoms with Gasteiger partial charge in [-0.1, -0.05) is 0 Å². The highest BCUT2D eigenvalue weighted by Crippen LogP contribution is 2.49. The molecule has 0 saturated carbocycles. The molecule has 2 atom stereocenters. The summed E-state index contributed by atoms with van der Waals surface area (Å²) >= 11 is 3.63. The molecular formula is C23H31N2S2+. The van der Waals surface area contributed by atoms with Crippen molar-refractivity contribution in [2.45, 2.75) is 69.9 Å². The molecule has 2 aromatic heterocycles. The van der Waals surface area contributed by atoms with E-state index in [1.165, 1.54) is 56.1 Å². The molecule has 0 aliphatic carbocycles. The van der Waals surface area contributed by atoms with Crippen molar-refractivity contribution >= 4 is 22.7 Å². The number of hydrogen-bond donors (Lipinski definition) is 0. The summed E-state index contributed by atoms with van der Waals surface area (Å²) in [7, 11) is 4.88. The van der Waals surface area contributed by atoms with E-state index in [0.717, 1.165) is 18.5 Å². The maximum atomic E-state index is 10.5. The number of piperidine rings is 2. The SMILES string of the molecule is Cc1ccc(C(C#N)(CC2CC3CCCC(C2)[N+]3(C)C)c2ccc(C)s2)s1. The van der Waals surface area contributed by atoms with Gasteiger partial charge in [-0.15, -0.1) is 22.7 Å². The molecule has 0 spiro atoms. The van der Waals surface area contributed by atoms with E-state index in [4.69, 9.17) is 0 Å². The summed E-state index contributed by atoms with van der Waals surface area (Å²) in [6.45, 7) is 4.31. The molecule has 2 aromatic rings. The second kappa shape index (κ2) is 7.03. The quantitative estimate of drug-likeness (QED) is 0.576. The molecule has 27 heavy (non-hydrogen) atoms. The minimum absolute atomic E-state index is 0.467. The Morgan fingerprint density at radius 2 is 1.52 bits per heavy atom. The smallest absolute Gasteiger partial charge is 0.126 e. The Kier molecular flexibility index (Phi) is 4.99. The fourth-order valence-corrected chi connectivity index (χ4v) is 7.73. The van der Waals surface area contributed by atoms with Gasteiger partial charge in [0.05, 0.1) is 32.2 Å². The third kappa shape index (κ3) is 3.28. The van der Waals surface area contributed by atoms with Gasteiger partial charge in [-0.3, -0.25) is 0 Å². The van der Waals surface area contributed by atoms with Crippen LogP contribution in [0.2, 0.25) is 0 Å². The van der Waals surface area contributed by atoms with Crippen LogP contribution in [0.5, 0.6) is 0 Å². The number of hydrogen-bond acceptors (Lipinski definition) is 3. The van der Waals surface area contributed by atoms with Crippen LogP contribution < -0.4 is 0 Å². The Hall–Kier alpha value is -1.15.